The normalized spacial score (nSPS) is 13.6. The lowest BCUT2D eigenvalue weighted by Crippen LogP contribution is -2.51. The van der Waals surface area contributed by atoms with Crippen LogP contribution in [0.4, 0.5) is 0 Å². The summed E-state index contributed by atoms with van der Waals surface area (Å²) in [5.74, 6) is 0. The van der Waals surface area contributed by atoms with E-state index in [0.29, 0.717) is 19.8 Å². The van der Waals surface area contributed by atoms with Crippen molar-refractivity contribution in [2.45, 2.75) is 33.2 Å². The van der Waals surface area contributed by atoms with Crippen LogP contribution in [0.25, 0.3) is 0 Å². The van der Waals surface area contributed by atoms with Crippen molar-refractivity contribution in [3.05, 3.63) is 30.1 Å². The van der Waals surface area contributed by atoms with Crippen molar-refractivity contribution in [3.63, 3.8) is 0 Å². The summed E-state index contributed by atoms with van der Waals surface area (Å²) >= 11 is 0. The third-order valence-electron chi connectivity index (χ3n) is 2.77. The zero-order valence-corrected chi connectivity index (χ0v) is 12.7. The molecule has 0 fully saturated rings. The van der Waals surface area contributed by atoms with Crippen LogP contribution in [0.5, 0.6) is 0 Å². The van der Waals surface area contributed by atoms with Crippen molar-refractivity contribution < 1.29 is 13.3 Å². The molecule has 1 aromatic rings. The maximum absolute atomic E-state index is 5.90. The Morgan fingerprint density at radius 3 is 1.83 bits per heavy atom. The highest BCUT2D eigenvalue weighted by Gasteiger charge is 2.47. The smallest absolute Gasteiger partial charge is 0.373 e. The molecule has 18 heavy (non-hydrogen) atoms. The first kappa shape index (κ1) is 15.3. The summed E-state index contributed by atoms with van der Waals surface area (Å²) in [7, 11) is -2.67. The summed E-state index contributed by atoms with van der Waals surface area (Å²) in [5.41, 5.74) is 1.26. The average Bonchev–Trinajstić information content (AvgIpc) is 2.39. The minimum Gasteiger partial charge on any atom is -0.373 e. The molecule has 0 radical (unpaired) electrons. The number of aromatic nitrogens is 1. The first-order valence-electron chi connectivity index (χ1n) is 6.51. The van der Waals surface area contributed by atoms with Gasteiger partial charge in [0.15, 0.2) is 0 Å². The van der Waals surface area contributed by atoms with Gasteiger partial charge in [-0.25, -0.2) is 0 Å². The summed E-state index contributed by atoms with van der Waals surface area (Å²) in [6.45, 7) is 9.81. The van der Waals surface area contributed by atoms with E-state index in [-0.39, 0.29) is 5.54 Å². The average molecular weight is 269 g/mol. The van der Waals surface area contributed by atoms with Gasteiger partial charge < -0.3 is 13.3 Å². The Hall–Kier alpha value is -0.753. The van der Waals surface area contributed by atoms with Crippen LogP contribution >= 0.6 is 0 Å². The van der Waals surface area contributed by atoms with Gasteiger partial charge in [-0.3, -0.25) is 4.98 Å². The molecule has 0 aliphatic heterocycles. The van der Waals surface area contributed by atoms with E-state index in [1.165, 1.54) is 0 Å². The monoisotopic (exact) mass is 269 g/mol. The molecule has 0 aliphatic rings. The molecule has 0 bridgehead atoms. The Labute approximate surface area is 111 Å². The number of pyridine rings is 1. The summed E-state index contributed by atoms with van der Waals surface area (Å²) < 4.78 is 17.7. The molecule has 0 amide bonds. The Morgan fingerprint density at radius 1 is 1.00 bits per heavy atom. The van der Waals surface area contributed by atoms with Crippen LogP contribution in [-0.2, 0) is 13.3 Å². The molecule has 0 aromatic carbocycles. The molecule has 0 saturated carbocycles. The lowest BCUT2D eigenvalue weighted by molar-refractivity contribution is 0.0633. The van der Waals surface area contributed by atoms with Crippen molar-refractivity contribution in [1.82, 2.24) is 4.98 Å². The molecule has 0 spiro atoms. The maximum Gasteiger partial charge on any atom is 0.508 e. The van der Waals surface area contributed by atoms with Crippen molar-refractivity contribution in [2.24, 2.45) is 0 Å². The third kappa shape index (κ3) is 3.62. The van der Waals surface area contributed by atoms with E-state index in [1.54, 1.807) is 12.4 Å². The second kappa shape index (κ2) is 7.63. The minimum absolute atomic E-state index is 0.111. The first-order chi connectivity index (χ1) is 8.70. The van der Waals surface area contributed by atoms with Crippen molar-refractivity contribution >= 4 is 8.80 Å². The second-order valence-corrected chi connectivity index (χ2v) is 6.84. The molecule has 0 aliphatic carbocycles. The predicted molar refractivity (Wildman–Crippen MR) is 73.3 cm³/mol. The number of hydrogen-bond acceptors (Lipinski definition) is 4. The highest BCUT2D eigenvalue weighted by molar-refractivity contribution is 6.62. The predicted octanol–water partition coefficient (Wildman–Crippen LogP) is 2.77. The highest BCUT2D eigenvalue weighted by atomic mass is 28.4. The molecule has 0 N–H and O–H groups in total. The van der Waals surface area contributed by atoms with Gasteiger partial charge in [0.2, 0.25) is 0 Å². The van der Waals surface area contributed by atoms with Crippen LogP contribution in [0.15, 0.2) is 24.5 Å². The van der Waals surface area contributed by atoms with E-state index >= 15 is 0 Å². The molecule has 1 unspecified atom stereocenters. The molecular weight excluding hydrogens is 246 g/mol. The van der Waals surface area contributed by atoms with Gasteiger partial charge in [0, 0.05) is 32.2 Å². The van der Waals surface area contributed by atoms with Crippen LogP contribution in [0.2, 0.25) is 0 Å². The van der Waals surface area contributed by atoms with Gasteiger partial charge in [0.1, 0.15) is 0 Å². The van der Waals surface area contributed by atoms with Crippen molar-refractivity contribution in [2.75, 3.05) is 19.8 Å². The second-order valence-electron chi connectivity index (χ2n) is 3.90. The van der Waals surface area contributed by atoms with Crippen LogP contribution < -0.4 is 0 Å². The maximum atomic E-state index is 5.90. The largest absolute Gasteiger partial charge is 0.508 e. The van der Waals surface area contributed by atoms with E-state index in [2.05, 4.69) is 11.9 Å². The number of hydrogen-bond donors (Lipinski definition) is 0. The molecule has 1 rings (SSSR count). The van der Waals surface area contributed by atoms with E-state index in [0.717, 1.165) is 5.56 Å². The van der Waals surface area contributed by atoms with Gasteiger partial charge in [-0.1, -0.05) is 6.92 Å². The van der Waals surface area contributed by atoms with Gasteiger partial charge in [0.05, 0.1) is 5.54 Å². The molecule has 4 nitrogen and oxygen atoms in total. The fraction of sp³-hybridized carbons (Fsp3) is 0.615. The quantitative estimate of drug-likeness (QED) is 0.680. The van der Waals surface area contributed by atoms with Crippen LogP contribution in [0, 0.1) is 0 Å². The van der Waals surface area contributed by atoms with Gasteiger partial charge in [-0.2, -0.15) is 0 Å². The zero-order valence-electron chi connectivity index (χ0n) is 11.7. The molecule has 1 heterocycles. The van der Waals surface area contributed by atoms with Gasteiger partial charge >= 0.3 is 8.80 Å². The Balaban J connectivity index is 2.99. The van der Waals surface area contributed by atoms with Crippen molar-refractivity contribution in [1.29, 1.82) is 0 Å². The van der Waals surface area contributed by atoms with Crippen LogP contribution in [-0.4, -0.2) is 33.6 Å². The summed E-state index contributed by atoms with van der Waals surface area (Å²) in [6, 6.07) is 3.98. The SMILES string of the molecule is CCO[Si](OCC)(OCC)C(C)c1ccncc1. The highest BCUT2D eigenvalue weighted by Crippen LogP contribution is 2.29. The fourth-order valence-corrected chi connectivity index (χ4v) is 4.77. The lowest BCUT2D eigenvalue weighted by atomic mass is 10.2. The fourth-order valence-electron chi connectivity index (χ4n) is 1.96. The van der Waals surface area contributed by atoms with Gasteiger partial charge in [0.25, 0.3) is 0 Å². The van der Waals surface area contributed by atoms with E-state index in [1.807, 2.05) is 32.9 Å². The van der Waals surface area contributed by atoms with E-state index in [4.69, 9.17) is 13.3 Å². The summed E-state index contributed by atoms with van der Waals surface area (Å²) in [6.07, 6.45) is 3.57. The molecular formula is C13H23NO3Si. The molecule has 0 saturated heterocycles. The van der Waals surface area contributed by atoms with Crippen LogP contribution in [0.3, 0.4) is 0 Å². The van der Waals surface area contributed by atoms with E-state index < -0.39 is 8.80 Å². The van der Waals surface area contributed by atoms with Crippen LogP contribution in [0.1, 0.15) is 38.8 Å². The Morgan fingerprint density at radius 2 is 1.44 bits per heavy atom. The van der Waals surface area contributed by atoms with Crippen molar-refractivity contribution in [3.8, 4) is 0 Å². The summed E-state index contributed by atoms with van der Waals surface area (Å²) in [5, 5.41) is 0. The Bertz CT molecular complexity index is 317. The molecule has 5 heteroatoms. The number of nitrogens with zero attached hydrogens (tertiary/aromatic N) is 1. The lowest BCUT2D eigenvalue weighted by Gasteiger charge is -2.33. The zero-order chi connectivity index (χ0) is 13.4. The molecule has 1 aromatic heterocycles. The third-order valence-corrected chi connectivity index (χ3v) is 6.24. The van der Waals surface area contributed by atoms with E-state index in [9.17, 15) is 0 Å². The van der Waals surface area contributed by atoms with Gasteiger partial charge in [-0.15, -0.1) is 0 Å². The standard InChI is InChI=1S/C13H23NO3Si/c1-5-15-18(16-6-2,17-7-3)12(4)13-8-10-14-11-9-13/h8-12H,5-7H2,1-4H3. The van der Waals surface area contributed by atoms with Gasteiger partial charge in [-0.05, 0) is 38.5 Å². The molecule has 102 valence electrons. The first-order valence-corrected chi connectivity index (χ1v) is 8.32. The molecule has 1 atom stereocenters. The minimum atomic E-state index is -2.67. The number of rotatable bonds is 8. The Kier molecular flexibility index (Phi) is 6.49. The topological polar surface area (TPSA) is 40.6 Å². The summed E-state index contributed by atoms with van der Waals surface area (Å²) in [4.78, 5) is 4.04.